The molecule has 10 nitrogen and oxygen atoms in total. The number of hydrogen-bond acceptors (Lipinski definition) is 7. The van der Waals surface area contributed by atoms with Crippen LogP contribution in [0.2, 0.25) is 0 Å². The molecule has 178 valence electrons. The Morgan fingerprint density at radius 3 is 2.66 bits per heavy atom. The van der Waals surface area contributed by atoms with Crippen molar-refractivity contribution < 1.29 is 24.2 Å². The summed E-state index contributed by atoms with van der Waals surface area (Å²) in [6.07, 6.45) is 5.93. The molecule has 5 N–H and O–H groups in total. The number of carbonyl (C=O) groups is 2. The lowest BCUT2D eigenvalue weighted by Crippen LogP contribution is -2.42. The zero-order valence-electron chi connectivity index (χ0n) is 18.4. The number of rotatable bonds is 10. The average molecular weight is 453 g/mol. The third-order valence-electron chi connectivity index (χ3n) is 6.32. The van der Waals surface area contributed by atoms with Crippen molar-refractivity contribution in [2.45, 2.75) is 64.3 Å². The first-order valence-corrected chi connectivity index (χ1v) is 11.3. The lowest BCUT2D eigenvalue weighted by atomic mass is 9.92. The number of aryl methyl sites for hydroxylation is 1. The largest absolute Gasteiger partial charge is 0.465 e. The number of hydrogen-bond donors (Lipinski definition) is 5. The van der Waals surface area contributed by atoms with Crippen LogP contribution in [0.3, 0.4) is 0 Å². The molecule has 0 spiro atoms. The zero-order chi connectivity index (χ0) is 23.1. The number of carbonyl (C=O) groups excluding carboxylic acids is 1. The fourth-order valence-corrected chi connectivity index (χ4v) is 4.75. The molecule has 0 bridgehead atoms. The maximum atomic E-state index is 15.2. The summed E-state index contributed by atoms with van der Waals surface area (Å²) < 4.78 is 15.2. The summed E-state index contributed by atoms with van der Waals surface area (Å²) in [5.74, 6) is -0.910. The van der Waals surface area contributed by atoms with Crippen LogP contribution in [-0.2, 0) is 4.79 Å². The SMILES string of the molecule is Cc1nc(NNC(=O)[C@@H](CNC(=O)O)CC2CCCC2)c(F)c(N2CCC[C@H]2CCO)n1. The van der Waals surface area contributed by atoms with E-state index in [0.29, 0.717) is 31.1 Å². The smallest absolute Gasteiger partial charge is 0.404 e. The number of aliphatic hydroxyl groups excluding tert-OH is 1. The van der Waals surface area contributed by atoms with Gasteiger partial charge in [0.2, 0.25) is 11.7 Å². The summed E-state index contributed by atoms with van der Waals surface area (Å²) >= 11 is 0. The first kappa shape index (κ1) is 24.0. The Morgan fingerprint density at radius 2 is 1.97 bits per heavy atom. The Kier molecular flexibility index (Phi) is 8.43. The van der Waals surface area contributed by atoms with Crippen LogP contribution in [0.25, 0.3) is 0 Å². The standard InChI is InChI=1S/C21H33FN6O4/c1-13-24-18(17(22)19(25-13)28-9-4-7-16(28)8-10-29)26-27-20(30)15(12-23-21(31)32)11-14-5-2-3-6-14/h14-16,23,29H,2-12H2,1H3,(H,27,30)(H,31,32)(H,24,25,26)/t15-,16+/m1/s1. The summed E-state index contributed by atoms with van der Waals surface area (Å²) in [4.78, 5) is 33.9. The van der Waals surface area contributed by atoms with Gasteiger partial charge in [-0.15, -0.1) is 0 Å². The van der Waals surface area contributed by atoms with Gasteiger partial charge in [-0.3, -0.25) is 15.6 Å². The second-order valence-corrected chi connectivity index (χ2v) is 8.64. The van der Waals surface area contributed by atoms with E-state index in [9.17, 15) is 14.7 Å². The maximum Gasteiger partial charge on any atom is 0.404 e. The predicted octanol–water partition coefficient (Wildman–Crippen LogP) is 2.18. The summed E-state index contributed by atoms with van der Waals surface area (Å²) in [7, 11) is 0. The Bertz CT molecular complexity index is 805. The molecule has 0 aromatic carbocycles. The van der Waals surface area contributed by atoms with Gasteiger partial charge in [0.1, 0.15) is 5.82 Å². The van der Waals surface area contributed by atoms with E-state index in [1.165, 1.54) is 0 Å². The molecule has 0 unspecified atom stereocenters. The maximum absolute atomic E-state index is 15.2. The molecular formula is C21H33FN6O4. The van der Waals surface area contributed by atoms with Gasteiger partial charge in [0.25, 0.3) is 0 Å². The number of aliphatic hydroxyl groups is 1. The van der Waals surface area contributed by atoms with Crippen molar-refractivity contribution in [1.29, 1.82) is 0 Å². The predicted molar refractivity (Wildman–Crippen MR) is 117 cm³/mol. The van der Waals surface area contributed by atoms with Crippen molar-refractivity contribution in [2.75, 3.05) is 30.0 Å². The Balaban J connectivity index is 1.69. The van der Waals surface area contributed by atoms with Gasteiger partial charge < -0.3 is 20.4 Å². The molecule has 11 heteroatoms. The number of carboxylic acid groups (broad SMARTS) is 1. The van der Waals surface area contributed by atoms with Crippen molar-refractivity contribution in [3.8, 4) is 0 Å². The van der Waals surface area contributed by atoms with Crippen molar-refractivity contribution in [2.24, 2.45) is 11.8 Å². The van der Waals surface area contributed by atoms with E-state index in [-0.39, 0.29) is 30.8 Å². The summed E-state index contributed by atoms with van der Waals surface area (Å²) in [6.45, 7) is 2.29. The molecule has 1 saturated carbocycles. The molecule has 1 aliphatic carbocycles. The number of amides is 2. The van der Waals surface area contributed by atoms with Crippen LogP contribution in [0.15, 0.2) is 0 Å². The highest BCUT2D eigenvalue weighted by Crippen LogP contribution is 2.31. The molecule has 2 amide bonds. The molecule has 1 aromatic rings. The van der Waals surface area contributed by atoms with E-state index in [1.54, 1.807) is 6.92 Å². The molecule has 2 fully saturated rings. The Labute approximate surface area is 187 Å². The quantitative estimate of drug-likeness (QED) is 0.340. The normalized spacial score (nSPS) is 19.7. The highest BCUT2D eigenvalue weighted by Gasteiger charge is 2.30. The minimum absolute atomic E-state index is 0.00382. The van der Waals surface area contributed by atoms with Crippen molar-refractivity contribution in [1.82, 2.24) is 20.7 Å². The van der Waals surface area contributed by atoms with Crippen LogP contribution in [-0.4, -0.2) is 57.9 Å². The minimum Gasteiger partial charge on any atom is -0.465 e. The summed E-state index contributed by atoms with van der Waals surface area (Å²) in [6, 6.07) is 0.00382. The van der Waals surface area contributed by atoms with Gasteiger partial charge in [-0.1, -0.05) is 25.7 Å². The van der Waals surface area contributed by atoms with Crippen LogP contribution >= 0.6 is 0 Å². The number of nitrogens with one attached hydrogen (secondary N) is 3. The fourth-order valence-electron chi connectivity index (χ4n) is 4.75. The minimum atomic E-state index is -1.19. The molecule has 2 aliphatic rings. The van der Waals surface area contributed by atoms with Gasteiger partial charge in [-0.2, -0.15) is 4.39 Å². The Morgan fingerprint density at radius 1 is 1.22 bits per heavy atom. The number of aromatic nitrogens is 2. The molecular weight excluding hydrogens is 419 g/mol. The van der Waals surface area contributed by atoms with Gasteiger partial charge >= 0.3 is 6.09 Å². The average Bonchev–Trinajstić information content (AvgIpc) is 3.43. The molecule has 3 rings (SSSR count). The molecule has 1 aromatic heterocycles. The number of nitrogens with zero attached hydrogens (tertiary/aromatic N) is 3. The second kappa shape index (κ2) is 11.3. The third-order valence-corrected chi connectivity index (χ3v) is 6.32. The van der Waals surface area contributed by atoms with E-state index in [2.05, 4.69) is 26.1 Å². The van der Waals surface area contributed by atoms with Crippen LogP contribution in [0, 0.1) is 24.6 Å². The van der Waals surface area contributed by atoms with Crippen molar-refractivity contribution in [3.63, 3.8) is 0 Å². The second-order valence-electron chi connectivity index (χ2n) is 8.64. The first-order valence-electron chi connectivity index (χ1n) is 11.3. The highest BCUT2D eigenvalue weighted by atomic mass is 19.1. The molecule has 0 radical (unpaired) electrons. The molecule has 2 atom stereocenters. The van der Waals surface area contributed by atoms with Gasteiger partial charge in [-0.05, 0) is 38.5 Å². The zero-order valence-corrected chi connectivity index (χ0v) is 18.4. The fraction of sp³-hybridized carbons (Fsp3) is 0.714. The van der Waals surface area contributed by atoms with E-state index in [0.717, 1.165) is 38.5 Å². The molecule has 1 saturated heterocycles. The number of anilines is 2. The van der Waals surface area contributed by atoms with Gasteiger partial charge in [0.15, 0.2) is 11.6 Å². The van der Waals surface area contributed by atoms with Gasteiger partial charge in [0.05, 0.1) is 5.92 Å². The number of hydrazine groups is 1. The van der Waals surface area contributed by atoms with Crippen LogP contribution in [0.4, 0.5) is 20.8 Å². The van der Waals surface area contributed by atoms with Gasteiger partial charge in [-0.25, -0.2) is 14.8 Å². The summed E-state index contributed by atoms with van der Waals surface area (Å²) in [5.41, 5.74) is 5.09. The highest BCUT2D eigenvalue weighted by molar-refractivity contribution is 5.80. The third kappa shape index (κ3) is 6.18. The molecule has 1 aliphatic heterocycles. The van der Waals surface area contributed by atoms with E-state index in [1.807, 2.05) is 4.90 Å². The first-order chi connectivity index (χ1) is 15.4. The van der Waals surface area contributed by atoms with Crippen LogP contribution < -0.4 is 21.1 Å². The topological polar surface area (TPSA) is 140 Å². The van der Waals surface area contributed by atoms with Crippen LogP contribution in [0.1, 0.15) is 57.2 Å². The van der Waals surface area contributed by atoms with Crippen LogP contribution in [0.5, 0.6) is 0 Å². The van der Waals surface area contributed by atoms with Gasteiger partial charge in [0, 0.05) is 25.7 Å². The monoisotopic (exact) mass is 452 g/mol. The lowest BCUT2D eigenvalue weighted by molar-refractivity contribution is -0.124. The number of halogens is 1. The van der Waals surface area contributed by atoms with Crippen molar-refractivity contribution in [3.05, 3.63) is 11.6 Å². The lowest BCUT2D eigenvalue weighted by Gasteiger charge is -2.26. The van der Waals surface area contributed by atoms with E-state index in [4.69, 9.17) is 5.11 Å². The van der Waals surface area contributed by atoms with E-state index >= 15 is 4.39 Å². The van der Waals surface area contributed by atoms with E-state index < -0.39 is 23.7 Å². The Hall–Kier alpha value is -2.69. The molecule has 2 heterocycles. The summed E-state index contributed by atoms with van der Waals surface area (Å²) in [5, 5.41) is 20.5. The van der Waals surface area contributed by atoms with Crippen molar-refractivity contribution >= 4 is 23.6 Å². The molecule has 32 heavy (non-hydrogen) atoms.